The van der Waals surface area contributed by atoms with Crippen LogP contribution in [0.4, 0.5) is 8.78 Å². The summed E-state index contributed by atoms with van der Waals surface area (Å²) in [6, 6.07) is 2.28. The highest BCUT2D eigenvalue weighted by Crippen LogP contribution is 2.27. The summed E-state index contributed by atoms with van der Waals surface area (Å²) >= 11 is 5.66. The molecule has 1 aromatic rings. The van der Waals surface area contributed by atoms with Crippen molar-refractivity contribution >= 4 is 11.6 Å². The van der Waals surface area contributed by atoms with Crippen molar-refractivity contribution in [2.24, 2.45) is 0 Å². The van der Waals surface area contributed by atoms with Crippen molar-refractivity contribution in [3.05, 3.63) is 29.0 Å². The molecule has 0 radical (unpaired) electrons. The van der Waals surface area contributed by atoms with Gasteiger partial charge >= 0.3 is 0 Å². The van der Waals surface area contributed by atoms with Crippen molar-refractivity contribution in [1.82, 2.24) is 15.2 Å². The highest BCUT2D eigenvalue weighted by Gasteiger charge is 2.30. The van der Waals surface area contributed by atoms with E-state index in [0.29, 0.717) is 23.8 Å². The van der Waals surface area contributed by atoms with Crippen molar-refractivity contribution in [2.75, 3.05) is 26.2 Å². The first kappa shape index (κ1) is 12.7. The van der Waals surface area contributed by atoms with Gasteiger partial charge in [-0.05, 0) is 11.6 Å². The minimum atomic E-state index is -2.42. The van der Waals surface area contributed by atoms with Crippen molar-refractivity contribution in [3.63, 3.8) is 0 Å². The molecule has 2 rings (SSSR count). The molecule has 94 valence electrons. The molecule has 0 aliphatic carbocycles. The summed E-state index contributed by atoms with van der Waals surface area (Å²) in [7, 11) is 0. The molecule has 17 heavy (non-hydrogen) atoms. The normalized spacial score (nSPS) is 19.5. The fourth-order valence-corrected chi connectivity index (χ4v) is 2.15. The summed E-state index contributed by atoms with van der Waals surface area (Å²) in [5.41, 5.74) is 0.520. The van der Waals surface area contributed by atoms with Gasteiger partial charge in [0.05, 0.1) is 6.04 Å². The zero-order valence-electron chi connectivity index (χ0n) is 9.24. The fraction of sp³-hybridized carbons (Fsp3) is 0.545. The molecule has 0 aromatic carbocycles. The van der Waals surface area contributed by atoms with Crippen LogP contribution in [0.15, 0.2) is 18.3 Å². The van der Waals surface area contributed by atoms with Gasteiger partial charge < -0.3 is 5.32 Å². The zero-order chi connectivity index (χ0) is 12.3. The second kappa shape index (κ2) is 5.71. The molecule has 1 aromatic heterocycles. The van der Waals surface area contributed by atoms with E-state index in [1.165, 1.54) is 6.20 Å². The molecule has 0 unspecified atom stereocenters. The minimum Gasteiger partial charge on any atom is -0.314 e. The maximum Gasteiger partial charge on any atom is 0.258 e. The third-order valence-electron chi connectivity index (χ3n) is 2.88. The molecular formula is C11H14ClF2N3. The molecular weight excluding hydrogens is 248 g/mol. The average molecular weight is 262 g/mol. The largest absolute Gasteiger partial charge is 0.314 e. The van der Waals surface area contributed by atoms with Crippen LogP contribution in [0.1, 0.15) is 11.6 Å². The Kier molecular flexibility index (Phi) is 4.25. The predicted molar refractivity (Wildman–Crippen MR) is 62.4 cm³/mol. The van der Waals surface area contributed by atoms with Crippen LogP contribution in [0.5, 0.6) is 0 Å². The van der Waals surface area contributed by atoms with E-state index < -0.39 is 12.5 Å². The number of alkyl halides is 2. The van der Waals surface area contributed by atoms with Crippen molar-refractivity contribution in [1.29, 1.82) is 0 Å². The Labute approximate surface area is 104 Å². The minimum absolute atomic E-state index is 0.321. The third kappa shape index (κ3) is 3.12. The van der Waals surface area contributed by atoms with Gasteiger partial charge in [0.2, 0.25) is 0 Å². The second-order valence-corrected chi connectivity index (χ2v) is 4.37. The number of rotatable bonds is 3. The maximum atomic E-state index is 13.1. The van der Waals surface area contributed by atoms with Crippen molar-refractivity contribution < 1.29 is 8.78 Å². The van der Waals surface area contributed by atoms with E-state index >= 15 is 0 Å². The highest BCUT2D eigenvalue weighted by atomic mass is 35.5. The Bertz CT molecular complexity index is 352. The van der Waals surface area contributed by atoms with E-state index in [2.05, 4.69) is 10.3 Å². The number of nitrogens with zero attached hydrogens (tertiary/aromatic N) is 2. The smallest absolute Gasteiger partial charge is 0.258 e. The molecule has 1 aliphatic rings. The van der Waals surface area contributed by atoms with E-state index in [9.17, 15) is 8.78 Å². The fourth-order valence-electron chi connectivity index (χ4n) is 2.04. The number of aromatic nitrogens is 1. The lowest BCUT2D eigenvalue weighted by Crippen LogP contribution is -2.46. The van der Waals surface area contributed by atoms with Gasteiger partial charge in [0.15, 0.2) is 0 Å². The molecule has 1 saturated heterocycles. The van der Waals surface area contributed by atoms with E-state index in [-0.39, 0.29) is 0 Å². The number of pyridine rings is 1. The van der Waals surface area contributed by atoms with E-state index in [1.807, 2.05) is 0 Å². The monoisotopic (exact) mass is 261 g/mol. The van der Waals surface area contributed by atoms with Crippen LogP contribution in [0.25, 0.3) is 0 Å². The Morgan fingerprint density at radius 2 is 2.00 bits per heavy atom. The second-order valence-electron chi connectivity index (χ2n) is 3.98. The quantitative estimate of drug-likeness (QED) is 0.843. The van der Waals surface area contributed by atoms with Crippen LogP contribution in [-0.4, -0.2) is 42.5 Å². The highest BCUT2D eigenvalue weighted by molar-refractivity contribution is 6.29. The molecule has 3 nitrogen and oxygen atoms in total. The first-order valence-electron chi connectivity index (χ1n) is 5.53. The molecule has 0 amide bonds. The predicted octanol–water partition coefficient (Wildman–Crippen LogP) is 1.95. The molecule has 1 fully saturated rings. The topological polar surface area (TPSA) is 28.2 Å². The van der Waals surface area contributed by atoms with Crippen molar-refractivity contribution in [2.45, 2.75) is 12.5 Å². The molecule has 0 saturated carbocycles. The summed E-state index contributed by atoms with van der Waals surface area (Å²) in [5.74, 6) is 0. The molecule has 1 aliphatic heterocycles. The van der Waals surface area contributed by atoms with Gasteiger partial charge in [-0.25, -0.2) is 13.8 Å². The molecule has 1 atom stereocenters. The Balaban J connectivity index is 2.18. The maximum absolute atomic E-state index is 13.1. The Hall–Kier alpha value is -0.780. The van der Waals surface area contributed by atoms with Gasteiger partial charge in [0.25, 0.3) is 6.43 Å². The van der Waals surface area contributed by atoms with Gasteiger partial charge in [-0.3, -0.25) is 4.90 Å². The molecule has 6 heteroatoms. The summed E-state index contributed by atoms with van der Waals surface area (Å²) in [6.45, 7) is 2.73. The summed E-state index contributed by atoms with van der Waals surface area (Å²) in [4.78, 5) is 5.65. The number of hydrogen-bond acceptors (Lipinski definition) is 3. The van der Waals surface area contributed by atoms with Crippen molar-refractivity contribution in [3.8, 4) is 0 Å². The SMILES string of the molecule is FC(F)[C@@H](c1ccc(Cl)nc1)N1CCNCC1. The first-order valence-corrected chi connectivity index (χ1v) is 5.90. The Morgan fingerprint density at radius 1 is 1.29 bits per heavy atom. The van der Waals surface area contributed by atoms with E-state index in [1.54, 1.807) is 17.0 Å². The van der Waals surface area contributed by atoms with Crippen LogP contribution >= 0.6 is 11.6 Å². The lowest BCUT2D eigenvalue weighted by molar-refractivity contribution is 0.0180. The third-order valence-corrected chi connectivity index (χ3v) is 3.10. The van der Waals surface area contributed by atoms with Crippen LogP contribution in [0.2, 0.25) is 5.15 Å². The molecule has 0 bridgehead atoms. The van der Waals surface area contributed by atoms with Gasteiger partial charge in [-0.2, -0.15) is 0 Å². The molecule has 1 N–H and O–H groups in total. The Morgan fingerprint density at radius 3 is 2.53 bits per heavy atom. The molecule has 2 heterocycles. The van der Waals surface area contributed by atoms with Gasteiger partial charge in [-0.1, -0.05) is 17.7 Å². The molecule has 0 spiro atoms. The lowest BCUT2D eigenvalue weighted by Gasteiger charge is -2.34. The number of hydrogen-bond donors (Lipinski definition) is 1. The standard InChI is InChI=1S/C11H14ClF2N3/c12-9-2-1-8(7-16-9)10(11(13)14)17-5-3-15-4-6-17/h1-2,7,10-11,15H,3-6H2/t10-/m1/s1. The van der Waals surface area contributed by atoms with Crippen LogP contribution in [-0.2, 0) is 0 Å². The number of piperazine rings is 1. The summed E-state index contributed by atoms with van der Waals surface area (Å²) < 4.78 is 26.3. The van der Waals surface area contributed by atoms with Gasteiger partial charge in [-0.15, -0.1) is 0 Å². The average Bonchev–Trinajstić information content (AvgIpc) is 2.33. The number of halogens is 3. The van der Waals surface area contributed by atoms with Crippen LogP contribution in [0, 0.1) is 0 Å². The van der Waals surface area contributed by atoms with Crippen LogP contribution < -0.4 is 5.32 Å². The van der Waals surface area contributed by atoms with E-state index in [4.69, 9.17) is 11.6 Å². The van der Waals surface area contributed by atoms with Gasteiger partial charge in [0.1, 0.15) is 5.15 Å². The lowest BCUT2D eigenvalue weighted by atomic mass is 10.1. The summed E-state index contributed by atoms with van der Waals surface area (Å²) in [5, 5.41) is 3.47. The van der Waals surface area contributed by atoms with Crippen LogP contribution in [0.3, 0.4) is 0 Å². The first-order chi connectivity index (χ1) is 8.18. The zero-order valence-corrected chi connectivity index (χ0v) is 10.00. The summed E-state index contributed by atoms with van der Waals surface area (Å²) in [6.07, 6.45) is -0.989. The van der Waals surface area contributed by atoms with Gasteiger partial charge in [0, 0.05) is 32.4 Å². The van der Waals surface area contributed by atoms with E-state index in [0.717, 1.165) is 13.1 Å². The number of nitrogens with one attached hydrogen (secondary N) is 1.